The third kappa shape index (κ3) is 3.87. The fourth-order valence-electron chi connectivity index (χ4n) is 4.19. The van der Waals surface area contributed by atoms with Gasteiger partial charge in [-0.2, -0.15) is 5.10 Å². The van der Waals surface area contributed by atoms with Crippen LogP contribution in [0.1, 0.15) is 24.5 Å². The number of piperidine rings is 1. The maximum Gasteiger partial charge on any atom is 0.407 e. The van der Waals surface area contributed by atoms with Crippen LogP contribution < -0.4 is 4.74 Å². The van der Waals surface area contributed by atoms with Crippen LogP contribution in [0.25, 0.3) is 16.6 Å². The Hall–Kier alpha value is -3.58. The number of amides is 1. The number of aromatic nitrogens is 3. The van der Waals surface area contributed by atoms with Crippen molar-refractivity contribution in [2.24, 2.45) is 0 Å². The minimum Gasteiger partial charge on any atom is -0.465 e. The highest BCUT2D eigenvalue weighted by molar-refractivity contribution is 6.34. The first-order chi connectivity index (χ1) is 15.6. The number of para-hydroxylation sites is 1. The monoisotopic (exact) mass is 448 g/mol. The number of halogens is 1. The van der Waals surface area contributed by atoms with Crippen LogP contribution in [-0.4, -0.2) is 44.0 Å². The maximum absolute atomic E-state index is 11.5. The Labute approximate surface area is 189 Å². The van der Waals surface area contributed by atoms with Gasteiger partial charge >= 0.3 is 6.09 Å². The van der Waals surface area contributed by atoms with Crippen LogP contribution in [0, 0.1) is 0 Å². The molecule has 1 unspecified atom stereocenters. The van der Waals surface area contributed by atoms with Crippen molar-refractivity contribution in [2.75, 3.05) is 13.1 Å². The number of ether oxygens (including phenoxy) is 1. The normalized spacial score (nSPS) is 16.3. The summed E-state index contributed by atoms with van der Waals surface area (Å²) in [5, 5.41) is 15.6. The Balaban J connectivity index is 1.51. The molecule has 32 heavy (non-hydrogen) atoms. The largest absolute Gasteiger partial charge is 0.465 e. The number of hydrogen-bond acceptors (Lipinski definition) is 4. The van der Waals surface area contributed by atoms with Crippen LogP contribution in [0.3, 0.4) is 0 Å². The van der Waals surface area contributed by atoms with E-state index in [-0.39, 0.29) is 5.92 Å². The Morgan fingerprint density at radius 2 is 1.81 bits per heavy atom. The molecule has 0 bridgehead atoms. The van der Waals surface area contributed by atoms with Crippen LogP contribution in [-0.2, 0) is 0 Å². The van der Waals surface area contributed by atoms with Gasteiger partial charge in [0.1, 0.15) is 17.0 Å². The van der Waals surface area contributed by atoms with Crippen molar-refractivity contribution in [1.82, 2.24) is 19.7 Å². The van der Waals surface area contributed by atoms with Crippen molar-refractivity contribution >= 4 is 28.6 Å². The van der Waals surface area contributed by atoms with Gasteiger partial charge in [-0.25, -0.2) is 14.5 Å². The molecular formula is C24H21ClN4O3. The number of carboxylic acid groups (broad SMARTS) is 1. The standard InChI is InChI=1S/C24H21ClN4O3/c25-23-22-20(12-13-26-23)21(16-5-4-14-28(15-16)24(30)31)27-29(22)17-8-10-19(11-9-17)32-18-6-2-1-3-7-18/h1-3,6-13,16H,4-5,14-15H2,(H,30,31). The summed E-state index contributed by atoms with van der Waals surface area (Å²) in [5.41, 5.74) is 2.38. The van der Waals surface area contributed by atoms with Crippen molar-refractivity contribution in [3.63, 3.8) is 0 Å². The number of carbonyl (C=O) groups is 1. The molecule has 1 atom stereocenters. The zero-order chi connectivity index (χ0) is 22.1. The Kier molecular flexibility index (Phi) is 5.41. The van der Waals surface area contributed by atoms with E-state index in [0.717, 1.165) is 35.4 Å². The summed E-state index contributed by atoms with van der Waals surface area (Å²) >= 11 is 6.48. The second-order valence-corrected chi connectivity index (χ2v) is 8.13. The molecule has 2 aromatic heterocycles. The van der Waals surface area contributed by atoms with Gasteiger partial charge in [-0.3, -0.25) is 0 Å². The molecule has 0 radical (unpaired) electrons. The summed E-state index contributed by atoms with van der Waals surface area (Å²) in [6.07, 6.45) is 2.44. The lowest BCUT2D eigenvalue weighted by molar-refractivity contribution is 0.130. The molecule has 1 aliphatic heterocycles. The van der Waals surface area contributed by atoms with Gasteiger partial charge in [0.25, 0.3) is 0 Å². The number of hydrogen-bond donors (Lipinski definition) is 1. The SMILES string of the molecule is O=C(O)N1CCCC(c2nn(-c3ccc(Oc4ccccc4)cc3)c3c(Cl)nccc23)C1. The van der Waals surface area contributed by atoms with E-state index in [1.807, 2.05) is 60.7 Å². The van der Waals surface area contributed by atoms with Gasteiger partial charge in [-0.1, -0.05) is 29.8 Å². The zero-order valence-electron chi connectivity index (χ0n) is 17.2. The summed E-state index contributed by atoms with van der Waals surface area (Å²) in [7, 11) is 0. The van der Waals surface area contributed by atoms with Crippen LogP contribution in [0.4, 0.5) is 4.79 Å². The minimum absolute atomic E-state index is 0.00255. The highest BCUT2D eigenvalue weighted by Crippen LogP contribution is 2.35. The molecule has 1 N–H and O–H groups in total. The smallest absolute Gasteiger partial charge is 0.407 e. The van der Waals surface area contributed by atoms with Crippen LogP contribution in [0.5, 0.6) is 11.5 Å². The van der Waals surface area contributed by atoms with Gasteiger partial charge in [0.15, 0.2) is 5.15 Å². The third-order valence-electron chi connectivity index (χ3n) is 5.71. The summed E-state index contributed by atoms with van der Waals surface area (Å²) in [5.74, 6) is 1.48. The van der Waals surface area contributed by atoms with Crippen molar-refractivity contribution in [2.45, 2.75) is 18.8 Å². The van der Waals surface area contributed by atoms with Crippen LogP contribution >= 0.6 is 11.6 Å². The Bertz CT molecular complexity index is 1260. The average Bonchev–Trinajstić information content (AvgIpc) is 3.21. The van der Waals surface area contributed by atoms with Crippen LogP contribution in [0.2, 0.25) is 5.15 Å². The van der Waals surface area contributed by atoms with E-state index < -0.39 is 6.09 Å². The second-order valence-electron chi connectivity index (χ2n) is 7.77. The summed E-state index contributed by atoms with van der Waals surface area (Å²) in [6, 6.07) is 19.1. The highest BCUT2D eigenvalue weighted by atomic mass is 35.5. The molecule has 4 aromatic rings. The van der Waals surface area contributed by atoms with E-state index in [0.29, 0.717) is 29.5 Å². The molecule has 2 aromatic carbocycles. The lowest BCUT2D eigenvalue weighted by Gasteiger charge is -2.29. The maximum atomic E-state index is 11.5. The van der Waals surface area contributed by atoms with Gasteiger partial charge in [0.05, 0.1) is 11.4 Å². The molecule has 1 amide bonds. The molecule has 0 aliphatic carbocycles. The van der Waals surface area contributed by atoms with Gasteiger partial charge in [-0.15, -0.1) is 0 Å². The topological polar surface area (TPSA) is 80.5 Å². The predicted octanol–water partition coefficient (Wildman–Crippen LogP) is 5.72. The van der Waals surface area contributed by atoms with Crippen molar-refractivity contribution in [1.29, 1.82) is 0 Å². The van der Waals surface area contributed by atoms with E-state index >= 15 is 0 Å². The molecule has 8 heteroatoms. The lowest BCUT2D eigenvalue weighted by Crippen LogP contribution is -2.38. The molecule has 7 nitrogen and oxygen atoms in total. The van der Waals surface area contributed by atoms with Gasteiger partial charge in [0, 0.05) is 30.6 Å². The number of likely N-dealkylation sites (tertiary alicyclic amines) is 1. The fourth-order valence-corrected chi connectivity index (χ4v) is 4.43. The number of rotatable bonds is 4. The minimum atomic E-state index is -0.896. The van der Waals surface area contributed by atoms with E-state index in [1.165, 1.54) is 4.90 Å². The lowest BCUT2D eigenvalue weighted by atomic mass is 9.93. The first-order valence-electron chi connectivity index (χ1n) is 10.4. The van der Waals surface area contributed by atoms with Crippen molar-refractivity contribution in [3.05, 3.63) is 77.7 Å². The molecular weight excluding hydrogens is 428 g/mol. The van der Waals surface area contributed by atoms with E-state index in [2.05, 4.69) is 4.98 Å². The van der Waals surface area contributed by atoms with Gasteiger partial charge in [0.2, 0.25) is 0 Å². The summed E-state index contributed by atoms with van der Waals surface area (Å²) in [6.45, 7) is 0.973. The first kappa shape index (κ1) is 20.3. The van der Waals surface area contributed by atoms with E-state index in [9.17, 15) is 9.90 Å². The summed E-state index contributed by atoms with van der Waals surface area (Å²) in [4.78, 5) is 17.2. The quantitative estimate of drug-likeness (QED) is 0.403. The molecule has 162 valence electrons. The summed E-state index contributed by atoms with van der Waals surface area (Å²) < 4.78 is 7.67. The van der Waals surface area contributed by atoms with Crippen LogP contribution in [0.15, 0.2) is 66.9 Å². The fraction of sp³-hybridized carbons (Fsp3) is 0.208. The predicted molar refractivity (Wildman–Crippen MR) is 122 cm³/mol. The number of fused-ring (bicyclic) bond motifs is 1. The molecule has 1 saturated heterocycles. The Morgan fingerprint density at radius 1 is 1.06 bits per heavy atom. The second kappa shape index (κ2) is 8.51. The molecule has 5 rings (SSSR count). The average molecular weight is 449 g/mol. The molecule has 1 fully saturated rings. The molecule has 0 spiro atoms. The third-order valence-corrected chi connectivity index (χ3v) is 5.99. The molecule has 3 heterocycles. The number of benzene rings is 2. The molecule has 1 aliphatic rings. The van der Waals surface area contributed by atoms with Crippen molar-refractivity contribution < 1.29 is 14.6 Å². The zero-order valence-corrected chi connectivity index (χ0v) is 17.9. The highest BCUT2D eigenvalue weighted by Gasteiger charge is 2.29. The Morgan fingerprint density at radius 3 is 2.56 bits per heavy atom. The first-order valence-corrected chi connectivity index (χ1v) is 10.8. The van der Waals surface area contributed by atoms with Crippen molar-refractivity contribution in [3.8, 4) is 17.2 Å². The number of nitrogens with zero attached hydrogens (tertiary/aromatic N) is 4. The van der Waals surface area contributed by atoms with Gasteiger partial charge < -0.3 is 14.7 Å². The van der Waals surface area contributed by atoms with E-state index in [1.54, 1.807) is 10.9 Å². The number of pyridine rings is 1. The van der Waals surface area contributed by atoms with E-state index in [4.69, 9.17) is 21.4 Å². The van der Waals surface area contributed by atoms with Gasteiger partial charge in [-0.05, 0) is 55.3 Å². The molecule has 0 saturated carbocycles.